The largest absolute Gasteiger partial charge is 0.348 e. The Labute approximate surface area is 110 Å². The number of benzene rings is 1. The molecule has 2 heterocycles. The van der Waals surface area contributed by atoms with Crippen LogP contribution in [0.4, 0.5) is 0 Å². The molecule has 0 aliphatic heterocycles. The number of fused-ring (bicyclic) bond motifs is 3. The molecule has 0 spiro atoms. The van der Waals surface area contributed by atoms with Gasteiger partial charge in [0, 0.05) is 15.4 Å². The molecular weight excluding hydrogens is 298 g/mol. The van der Waals surface area contributed by atoms with E-state index in [2.05, 4.69) is 26.1 Å². The lowest BCUT2D eigenvalue weighted by atomic mass is 10.1. The minimum Gasteiger partial charge on any atom is -0.294 e. The molecule has 0 bridgehead atoms. The molecule has 18 heavy (non-hydrogen) atoms. The van der Waals surface area contributed by atoms with Crippen LogP contribution in [-0.2, 0) is 0 Å². The maximum absolute atomic E-state index is 11.7. The first-order valence-corrected chi connectivity index (χ1v) is 6.07. The van der Waals surface area contributed by atoms with E-state index >= 15 is 0 Å². The monoisotopic (exact) mass is 305 g/mol. The molecule has 1 aromatic carbocycles. The molecular formula is C12H8BrN3O2. The first-order valence-electron chi connectivity index (χ1n) is 5.28. The zero-order valence-electron chi connectivity index (χ0n) is 9.40. The predicted octanol–water partition coefficient (Wildman–Crippen LogP) is 2.14. The Bertz CT molecular complexity index is 848. The summed E-state index contributed by atoms with van der Waals surface area (Å²) in [6.45, 7) is 1.50. The van der Waals surface area contributed by atoms with Crippen LogP contribution in [0, 0.1) is 0 Å². The first-order chi connectivity index (χ1) is 8.58. The molecule has 6 heteroatoms. The number of carbonyl (C=O) groups is 1. The van der Waals surface area contributed by atoms with Gasteiger partial charge in [0.25, 0.3) is 0 Å². The zero-order valence-corrected chi connectivity index (χ0v) is 11.0. The summed E-state index contributed by atoms with van der Waals surface area (Å²) in [5.41, 5.74) is 1.34. The number of halogens is 1. The standard InChI is InChI=1S/C12H8BrN3O2/c1-6(17)9-5-11-14-15-12(18)16(11)10-4-7(13)2-3-8(9)10/h2-5H,1H3,(H,15,18). The van der Waals surface area contributed by atoms with E-state index in [1.807, 2.05) is 12.1 Å². The smallest absolute Gasteiger partial charge is 0.294 e. The van der Waals surface area contributed by atoms with Crippen LogP contribution in [0.15, 0.2) is 33.5 Å². The Morgan fingerprint density at radius 3 is 2.89 bits per heavy atom. The Morgan fingerprint density at radius 1 is 1.39 bits per heavy atom. The lowest BCUT2D eigenvalue weighted by molar-refractivity contribution is 0.101. The summed E-state index contributed by atoms with van der Waals surface area (Å²) in [5.74, 6) is -0.0553. The summed E-state index contributed by atoms with van der Waals surface area (Å²) >= 11 is 3.36. The van der Waals surface area contributed by atoms with Crippen LogP contribution in [0.1, 0.15) is 17.3 Å². The molecule has 0 unspecified atom stereocenters. The Hall–Kier alpha value is -1.95. The molecule has 0 radical (unpaired) electrons. The van der Waals surface area contributed by atoms with Crippen LogP contribution in [0.5, 0.6) is 0 Å². The zero-order chi connectivity index (χ0) is 12.9. The number of hydrogen-bond donors (Lipinski definition) is 1. The van der Waals surface area contributed by atoms with E-state index in [9.17, 15) is 9.59 Å². The fourth-order valence-corrected chi connectivity index (χ4v) is 2.40. The van der Waals surface area contributed by atoms with E-state index in [1.165, 1.54) is 11.3 Å². The second-order valence-corrected chi connectivity index (χ2v) is 4.91. The number of hydrogen-bond acceptors (Lipinski definition) is 3. The Balaban J connectivity index is 2.65. The van der Waals surface area contributed by atoms with Crippen molar-refractivity contribution in [1.29, 1.82) is 0 Å². The van der Waals surface area contributed by atoms with Crippen molar-refractivity contribution < 1.29 is 4.79 Å². The summed E-state index contributed by atoms with van der Waals surface area (Å²) in [6, 6.07) is 7.07. The van der Waals surface area contributed by atoms with Crippen molar-refractivity contribution in [2.75, 3.05) is 0 Å². The van der Waals surface area contributed by atoms with Crippen LogP contribution in [0.2, 0.25) is 0 Å². The van der Waals surface area contributed by atoms with Crippen molar-refractivity contribution in [1.82, 2.24) is 14.6 Å². The van der Waals surface area contributed by atoms with Crippen molar-refractivity contribution in [3.63, 3.8) is 0 Å². The van der Waals surface area contributed by atoms with Crippen molar-refractivity contribution in [3.8, 4) is 0 Å². The number of pyridine rings is 1. The van der Waals surface area contributed by atoms with Gasteiger partial charge in [0.05, 0.1) is 5.52 Å². The fourth-order valence-electron chi connectivity index (χ4n) is 2.05. The summed E-state index contributed by atoms with van der Waals surface area (Å²) in [7, 11) is 0. The van der Waals surface area contributed by atoms with Crippen LogP contribution in [0.25, 0.3) is 16.6 Å². The van der Waals surface area contributed by atoms with Crippen LogP contribution in [-0.4, -0.2) is 20.4 Å². The summed E-state index contributed by atoms with van der Waals surface area (Å²) in [6.07, 6.45) is 0. The second kappa shape index (κ2) is 3.78. The molecule has 5 nitrogen and oxygen atoms in total. The highest BCUT2D eigenvalue weighted by molar-refractivity contribution is 9.10. The van der Waals surface area contributed by atoms with E-state index in [4.69, 9.17) is 0 Å². The number of Topliss-reactive ketones (excluding diaryl/α,β-unsaturated/α-hetero) is 1. The van der Waals surface area contributed by atoms with Crippen molar-refractivity contribution >= 4 is 38.3 Å². The molecule has 0 fully saturated rings. The number of ketones is 1. The van der Waals surface area contributed by atoms with Gasteiger partial charge in [-0.1, -0.05) is 22.0 Å². The minimum atomic E-state index is -0.316. The van der Waals surface area contributed by atoms with E-state index in [-0.39, 0.29) is 11.5 Å². The fraction of sp³-hybridized carbons (Fsp3) is 0.0833. The van der Waals surface area contributed by atoms with E-state index < -0.39 is 0 Å². The third-order valence-corrected chi connectivity index (χ3v) is 3.34. The maximum Gasteiger partial charge on any atom is 0.348 e. The number of nitrogens with zero attached hydrogens (tertiary/aromatic N) is 2. The van der Waals surface area contributed by atoms with Gasteiger partial charge < -0.3 is 0 Å². The topological polar surface area (TPSA) is 67.2 Å². The normalized spacial score (nSPS) is 11.2. The molecule has 3 aromatic rings. The number of aromatic amines is 1. The second-order valence-electron chi connectivity index (χ2n) is 4.00. The van der Waals surface area contributed by atoms with Gasteiger partial charge in [0.2, 0.25) is 0 Å². The Kier molecular flexibility index (Phi) is 2.34. The highest BCUT2D eigenvalue weighted by Crippen LogP contribution is 2.24. The summed E-state index contributed by atoms with van der Waals surface area (Å²) in [4.78, 5) is 23.4. The molecule has 3 rings (SSSR count). The molecule has 0 atom stereocenters. The van der Waals surface area contributed by atoms with Crippen LogP contribution in [0.3, 0.4) is 0 Å². The van der Waals surface area contributed by atoms with E-state index in [1.54, 1.807) is 12.1 Å². The quantitative estimate of drug-likeness (QED) is 0.700. The molecule has 0 saturated heterocycles. The van der Waals surface area contributed by atoms with Gasteiger partial charge in [0.15, 0.2) is 11.4 Å². The summed E-state index contributed by atoms with van der Waals surface area (Å²) in [5, 5.41) is 7.02. The number of nitrogens with one attached hydrogen (secondary N) is 1. The van der Waals surface area contributed by atoms with Crippen LogP contribution >= 0.6 is 15.9 Å². The molecule has 90 valence electrons. The molecule has 0 aliphatic carbocycles. The molecule has 0 aliphatic rings. The lowest BCUT2D eigenvalue weighted by Gasteiger charge is -2.06. The number of H-pyrrole nitrogens is 1. The van der Waals surface area contributed by atoms with Gasteiger partial charge in [-0.15, -0.1) is 0 Å². The van der Waals surface area contributed by atoms with Crippen LogP contribution < -0.4 is 5.69 Å². The van der Waals surface area contributed by atoms with E-state index in [0.717, 1.165) is 9.86 Å². The first kappa shape index (κ1) is 11.2. The minimum absolute atomic E-state index is 0.0553. The third-order valence-electron chi connectivity index (χ3n) is 2.84. The average Bonchev–Trinajstić information content (AvgIpc) is 2.70. The number of aromatic nitrogens is 3. The third kappa shape index (κ3) is 1.49. The van der Waals surface area contributed by atoms with Crippen molar-refractivity contribution in [2.24, 2.45) is 0 Å². The van der Waals surface area contributed by atoms with Gasteiger partial charge in [0.1, 0.15) is 0 Å². The van der Waals surface area contributed by atoms with Gasteiger partial charge in [-0.05, 0) is 25.1 Å². The molecule has 1 N–H and O–H groups in total. The lowest BCUT2D eigenvalue weighted by Crippen LogP contribution is -2.11. The summed E-state index contributed by atoms with van der Waals surface area (Å²) < 4.78 is 2.29. The van der Waals surface area contributed by atoms with Gasteiger partial charge in [-0.25, -0.2) is 14.3 Å². The van der Waals surface area contributed by atoms with Gasteiger partial charge in [-0.3, -0.25) is 4.79 Å². The number of carbonyl (C=O) groups excluding carboxylic acids is 1. The molecule has 0 amide bonds. The van der Waals surface area contributed by atoms with Gasteiger partial charge in [-0.2, -0.15) is 5.10 Å². The van der Waals surface area contributed by atoms with Gasteiger partial charge >= 0.3 is 5.69 Å². The number of rotatable bonds is 1. The maximum atomic E-state index is 11.7. The van der Waals surface area contributed by atoms with Crippen molar-refractivity contribution in [3.05, 3.63) is 44.8 Å². The molecule has 0 saturated carbocycles. The highest BCUT2D eigenvalue weighted by Gasteiger charge is 2.12. The SMILES string of the molecule is CC(=O)c1cc2n[nH]c(=O)n2c2cc(Br)ccc12. The Morgan fingerprint density at radius 2 is 2.17 bits per heavy atom. The molecule has 2 aromatic heterocycles. The average molecular weight is 306 g/mol. The van der Waals surface area contributed by atoms with Crippen molar-refractivity contribution in [2.45, 2.75) is 6.92 Å². The predicted molar refractivity (Wildman–Crippen MR) is 71.0 cm³/mol. The van der Waals surface area contributed by atoms with E-state index in [0.29, 0.717) is 16.7 Å². The highest BCUT2D eigenvalue weighted by atomic mass is 79.9.